The fraction of sp³-hybridized carbons (Fsp3) is 0.533. The van der Waals surface area contributed by atoms with Gasteiger partial charge in [-0.2, -0.15) is 13.2 Å². The highest BCUT2D eigenvalue weighted by molar-refractivity contribution is 6.01. The van der Waals surface area contributed by atoms with Crippen LogP contribution in [-0.2, 0) is 6.18 Å². The monoisotopic (exact) mass is 314 g/mol. The molecule has 4 nitrogen and oxygen atoms in total. The number of alkyl halides is 3. The molecular weight excluding hydrogens is 297 g/mol. The van der Waals surface area contributed by atoms with E-state index in [4.69, 9.17) is 4.74 Å². The van der Waals surface area contributed by atoms with Crippen LogP contribution in [0.25, 0.3) is 0 Å². The lowest BCUT2D eigenvalue weighted by Gasteiger charge is -2.30. The number of fused-ring (bicyclic) bond motifs is 3. The molecule has 2 aliphatic rings. The Morgan fingerprint density at radius 1 is 1.36 bits per heavy atom. The van der Waals surface area contributed by atoms with Crippen LogP contribution in [0.2, 0.25) is 0 Å². The predicted molar refractivity (Wildman–Crippen MR) is 73.9 cm³/mol. The van der Waals surface area contributed by atoms with Crippen LogP contribution in [0, 0.1) is 0 Å². The summed E-state index contributed by atoms with van der Waals surface area (Å²) >= 11 is 0. The fourth-order valence-electron chi connectivity index (χ4n) is 3.07. The molecule has 1 saturated heterocycles. The second-order valence-corrected chi connectivity index (χ2v) is 5.82. The Balaban J connectivity index is 2.16. The summed E-state index contributed by atoms with van der Waals surface area (Å²) < 4.78 is 45.5. The zero-order chi connectivity index (χ0) is 16.1. The Morgan fingerprint density at radius 3 is 2.73 bits per heavy atom. The second kappa shape index (κ2) is 5.15. The van der Waals surface area contributed by atoms with Gasteiger partial charge in [-0.1, -0.05) is 0 Å². The van der Waals surface area contributed by atoms with E-state index in [-0.39, 0.29) is 23.5 Å². The van der Waals surface area contributed by atoms with Crippen LogP contribution in [0.1, 0.15) is 41.4 Å². The van der Waals surface area contributed by atoms with Gasteiger partial charge in [-0.05, 0) is 31.5 Å². The Labute approximate surface area is 126 Å². The average molecular weight is 314 g/mol. The first kappa shape index (κ1) is 15.1. The molecule has 1 atom stereocenters. The van der Waals surface area contributed by atoms with E-state index in [0.29, 0.717) is 25.2 Å². The molecular formula is C15H17F3N2O2. The van der Waals surface area contributed by atoms with Gasteiger partial charge in [-0.25, -0.2) is 0 Å². The number of benzene rings is 1. The van der Waals surface area contributed by atoms with Crippen molar-refractivity contribution in [1.29, 1.82) is 0 Å². The molecule has 1 unspecified atom stereocenters. The molecule has 1 aromatic carbocycles. The smallest absolute Gasteiger partial charge is 0.417 e. The summed E-state index contributed by atoms with van der Waals surface area (Å²) in [6.07, 6.45) is -4.82. The van der Waals surface area contributed by atoms with Gasteiger partial charge in [0.05, 0.1) is 23.3 Å². The Kier molecular flexibility index (Phi) is 3.55. The number of halogens is 3. The number of piperazine rings is 1. The summed E-state index contributed by atoms with van der Waals surface area (Å²) in [7, 11) is 0. The predicted octanol–water partition coefficient (Wildman–Crippen LogP) is 2.59. The number of nitrogens with one attached hydrogen (secondary N) is 1. The lowest BCUT2D eigenvalue weighted by atomic mass is 9.98. The molecule has 7 heteroatoms. The Hall–Kier alpha value is -1.76. The topological polar surface area (TPSA) is 41.6 Å². The number of ether oxygens (including phenoxy) is 1. The molecule has 0 aliphatic carbocycles. The molecule has 1 fully saturated rings. The summed E-state index contributed by atoms with van der Waals surface area (Å²) in [4.78, 5) is 13.9. The van der Waals surface area contributed by atoms with Crippen molar-refractivity contribution >= 4 is 5.91 Å². The molecule has 1 amide bonds. The van der Waals surface area contributed by atoms with Crippen LogP contribution < -0.4 is 10.1 Å². The first-order valence-electron chi connectivity index (χ1n) is 7.22. The van der Waals surface area contributed by atoms with Crippen LogP contribution in [0.4, 0.5) is 13.2 Å². The van der Waals surface area contributed by atoms with E-state index in [0.717, 1.165) is 6.07 Å². The van der Waals surface area contributed by atoms with Gasteiger partial charge in [0, 0.05) is 19.6 Å². The van der Waals surface area contributed by atoms with E-state index in [1.807, 2.05) is 0 Å². The SMILES string of the molecule is CC(C)Oc1cc2c(c(C(F)(F)F)c1)C(=O)N1CCNCC21. The number of rotatable bonds is 2. The lowest BCUT2D eigenvalue weighted by Crippen LogP contribution is -2.44. The summed E-state index contributed by atoms with van der Waals surface area (Å²) in [6, 6.07) is 2.15. The maximum Gasteiger partial charge on any atom is 0.417 e. The third kappa shape index (κ3) is 2.43. The van der Waals surface area contributed by atoms with Gasteiger partial charge in [0.25, 0.3) is 5.91 Å². The van der Waals surface area contributed by atoms with Gasteiger partial charge in [0.15, 0.2) is 0 Å². The number of nitrogens with zero attached hydrogens (tertiary/aromatic N) is 1. The van der Waals surface area contributed by atoms with Gasteiger partial charge in [-0.3, -0.25) is 4.79 Å². The van der Waals surface area contributed by atoms with E-state index in [1.54, 1.807) is 19.9 Å². The minimum Gasteiger partial charge on any atom is -0.491 e. The zero-order valence-electron chi connectivity index (χ0n) is 12.3. The Morgan fingerprint density at radius 2 is 2.09 bits per heavy atom. The van der Waals surface area contributed by atoms with E-state index in [2.05, 4.69) is 5.32 Å². The standard InChI is InChI=1S/C15H17F3N2O2/c1-8(2)22-9-5-10-12-7-19-3-4-20(12)14(21)13(10)11(6-9)15(16,17)18/h5-6,8,12,19H,3-4,7H2,1-2H3. The molecule has 1 N–H and O–H groups in total. The quantitative estimate of drug-likeness (QED) is 0.912. The number of hydrogen-bond donors (Lipinski definition) is 1. The maximum atomic E-state index is 13.4. The number of hydrogen-bond acceptors (Lipinski definition) is 3. The minimum absolute atomic E-state index is 0.154. The van der Waals surface area contributed by atoms with Crippen LogP contribution in [0.5, 0.6) is 5.75 Å². The summed E-state index contributed by atoms with van der Waals surface area (Å²) in [5.41, 5.74) is -0.722. The van der Waals surface area contributed by atoms with Crippen molar-refractivity contribution in [2.75, 3.05) is 19.6 Å². The van der Waals surface area contributed by atoms with E-state index >= 15 is 0 Å². The van der Waals surface area contributed by atoms with Crippen molar-refractivity contribution in [2.45, 2.75) is 32.2 Å². The normalized spacial score (nSPS) is 21.1. The van der Waals surface area contributed by atoms with E-state index < -0.39 is 17.6 Å². The first-order valence-corrected chi connectivity index (χ1v) is 7.22. The maximum absolute atomic E-state index is 13.4. The summed E-state index contributed by atoms with van der Waals surface area (Å²) in [6.45, 7) is 4.96. The van der Waals surface area contributed by atoms with Gasteiger partial charge >= 0.3 is 6.18 Å². The number of carbonyl (C=O) groups excluding carboxylic acids is 1. The molecule has 0 bridgehead atoms. The van der Waals surface area contributed by atoms with E-state index in [9.17, 15) is 18.0 Å². The third-order valence-corrected chi connectivity index (χ3v) is 3.90. The molecule has 3 rings (SSSR count). The van der Waals surface area contributed by atoms with Crippen molar-refractivity contribution in [2.24, 2.45) is 0 Å². The largest absolute Gasteiger partial charge is 0.491 e. The van der Waals surface area contributed by atoms with Crippen molar-refractivity contribution in [3.8, 4) is 5.75 Å². The molecule has 22 heavy (non-hydrogen) atoms. The molecule has 1 aromatic rings. The zero-order valence-corrected chi connectivity index (χ0v) is 12.3. The average Bonchev–Trinajstić information content (AvgIpc) is 2.71. The molecule has 120 valence electrons. The number of amides is 1. The molecule has 2 heterocycles. The van der Waals surface area contributed by atoms with Gasteiger partial charge in [0.2, 0.25) is 0 Å². The molecule has 0 spiro atoms. The first-order chi connectivity index (χ1) is 10.3. The van der Waals surface area contributed by atoms with Gasteiger partial charge < -0.3 is 15.0 Å². The van der Waals surface area contributed by atoms with Crippen LogP contribution in [0.15, 0.2) is 12.1 Å². The number of carbonyl (C=O) groups is 1. The third-order valence-electron chi connectivity index (χ3n) is 3.90. The molecule has 0 aromatic heterocycles. The Bertz CT molecular complexity index is 614. The van der Waals surface area contributed by atoms with Crippen LogP contribution in [0.3, 0.4) is 0 Å². The fourth-order valence-corrected chi connectivity index (χ4v) is 3.07. The summed E-state index contributed by atoms with van der Waals surface area (Å²) in [5.74, 6) is -0.383. The highest BCUT2D eigenvalue weighted by atomic mass is 19.4. The lowest BCUT2D eigenvalue weighted by molar-refractivity contribution is -0.138. The van der Waals surface area contributed by atoms with Crippen LogP contribution >= 0.6 is 0 Å². The van der Waals surface area contributed by atoms with Crippen LogP contribution in [-0.4, -0.2) is 36.5 Å². The molecule has 2 aliphatic heterocycles. The second-order valence-electron chi connectivity index (χ2n) is 5.82. The summed E-state index contributed by atoms with van der Waals surface area (Å²) in [5, 5.41) is 3.12. The van der Waals surface area contributed by atoms with Crippen molar-refractivity contribution in [1.82, 2.24) is 10.2 Å². The van der Waals surface area contributed by atoms with E-state index in [1.165, 1.54) is 4.90 Å². The molecule has 0 radical (unpaired) electrons. The van der Waals surface area contributed by atoms with Gasteiger partial charge in [0.1, 0.15) is 5.75 Å². The minimum atomic E-state index is -4.59. The van der Waals surface area contributed by atoms with Crippen molar-refractivity contribution < 1.29 is 22.7 Å². The highest BCUT2D eigenvalue weighted by Crippen LogP contribution is 2.44. The van der Waals surface area contributed by atoms with Crippen molar-refractivity contribution in [3.63, 3.8) is 0 Å². The van der Waals surface area contributed by atoms with Crippen molar-refractivity contribution in [3.05, 3.63) is 28.8 Å². The highest BCUT2D eigenvalue weighted by Gasteiger charge is 2.46. The van der Waals surface area contributed by atoms with Gasteiger partial charge in [-0.15, -0.1) is 0 Å². The molecule has 0 saturated carbocycles.